The number of hydroxylamine groups is 1. The smallest absolute Gasteiger partial charge is 0.267 e. The third-order valence-electron chi connectivity index (χ3n) is 4.73. The molecule has 0 unspecified atom stereocenters. The van der Waals surface area contributed by atoms with Crippen LogP contribution in [0.15, 0.2) is 18.5 Å². The Morgan fingerprint density at radius 2 is 1.96 bits per heavy atom. The molecule has 1 saturated carbocycles. The van der Waals surface area contributed by atoms with Crippen molar-refractivity contribution in [3.8, 4) is 0 Å². The van der Waals surface area contributed by atoms with Gasteiger partial charge in [0.05, 0.1) is 18.1 Å². The number of hydrogen-bond donors (Lipinski definition) is 4. The maximum atomic E-state index is 12.6. The number of aromatic nitrogens is 2. The third-order valence-corrected chi connectivity index (χ3v) is 4.73. The zero-order valence-electron chi connectivity index (χ0n) is 15.9. The van der Waals surface area contributed by atoms with Crippen molar-refractivity contribution in [2.75, 3.05) is 11.9 Å². The Morgan fingerprint density at radius 3 is 2.56 bits per heavy atom. The third kappa shape index (κ3) is 6.97. The van der Waals surface area contributed by atoms with Crippen molar-refractivity contribution in [1.82, 2.24) is 20.8 Å². The Hall–Kier alpha value is -2.48. The van der Waals surface area contributed by atoms with Gasteiger partial charge in [-0.1, -0.05) is 33.1 Å². The van der Waals surface area contributed by atoms with Crippen LogP contribution >= 0.6 is 0 Å². The molecule has 148 valence electrons. The summed E-state index contributed by atoms with van der Waals surface area (Å²) in [6.45, 7) is 4.69. The lowest BCUT2D eigenvalue weighted by atomic mass is 9.89. The largest absolute Gasteiger partial charge is 0.357 e. The van der Waals surface area contributed by atoms with Crippen LogP contribution in [0.2, 0.25) is 0 Å². The molecule has 2 amide bonds. The first-order valence-electron chi connectivity index (χ1n) is 9.48. The lowest BCUT2D eigenvalue weighted by molar-refractivity contribution is -0.124. The molecule has 1 fully saturated rings. The maximum Gasteiger partial charge on any atom is 0.267 e. The average Bonchev–Trinajstić information content (AvgIpc) is 2.69. The monoisotopic (exact) mass is 375 g/mol. The summed E-state index contributed by atoms with van der Waals surface area (Å²) < 4.78 is 0. The van der Waals surface area contributed by atoms with E-state index in [1.807, 2.05) is 13.8 Å². The van der Waals surface area contributed by atoms with Crippen LogP contribution in [0.1, 0.15) is 51.6 Å². The molecule has 8 nitrogen and oxygen atoms in total. The number of carbonyl (C=O) groups excluding carboxylic acids is 2. The molecular weight excluding hydrogens is 346 g/mol. The summed E-state index contributed by atoms with van der Waals surface area (Å²) in [5.41, 5.74) is 1.97. The van der Waals surface area contributed by atoms with Gasteiger partial charge >= 0.3 is 0 Å². The fraction of sp³-hybridized carbons (Fsp3) is 0.579. The first-order chi connectivity index (χ1) is 13.0. The molecule has 1 aromatic heterocycles. The van der Waals surface area contributed by atoms with Crippen LogP contribution in [0, 0.1) is 11.8 Å². The number of anilines is 1. The number of nitrogens with one attached hydrogen (secondary N) is 3. The SMILES string of the molecule is CC(C)[C@@H](Nc1cnc(C=CC(=O)NO)cn1)C(=O)NCC1CCCCC1. The van der Waals surface area contributed by atoms with Gasteiger partial charge in [-0.05, 0) is 30.8 Å². The van der Waals surface area contributed by atoms with Gasteiger partial charge in [0.2, 0.25) is 5.91 Å². The molecule has 0 radical (unpaired) electrons. The van der Waals surface area contributed by atoms with Crippen LogP contribution in [-0.2, 0) is 9.59 Å². The van der Waals surface area contributed by atoms with Crippen LogP contribution in [-0.4, -0.2) is 39.6 Å². The Bertz CT molecular complexity index is 639. The standard InChI is InChI=1S/C19H29N5O3/c1-13(2)18(19(26)22-10-14-6-4-3-5-7-14)23-16-12-20-15(11-21-16)8-9-17(25)24-27/h8-9,11-14,18,27H,3-7,10H2,1-2H3,(H,21,23)(H,22,26)(H,24,25)/t18-/m1/s1. The van der Waals surface area contributed by atoms with E-state index in [9.17, 15) is 9.59 Å². The second kappa shape index (κ2) is 10.6. The van der Waals surface area contributed by atoms with Crippen LogP contribution < -0.4 is 16.1 Å². The van der Waals surface area contributed by atoms with Gasteiger partial charge in [0.15, 0.2) is 0 Å². The van der Waals surface area contributed by atoms with Gasteiger partial charge in [0.1, 0.15) is 11.9 Å². The van der Waals surface area contributed by atoms with E-state index >= 15 is 0 Å². The molecule has 0 spiro atoms. The Balaban J connectivity index is 1.91. The molecule has 2 rings (SSSR count). The molecule has 8 heteroatoms. The highest BCUT2D eigenvalue weighted by Gasteiger charge is 2.23. The van der Waals surface area contributed by atoms with Crippen molar-refractivity contribution in [1.29, 1.82) is 0 Å². The van der Waals surface area contributed by atoms with Crippen LogP contribution in [0.25, 0.3) is 6.08 Å². The molecule has 27 heavy (non-hydrogen) atoms. The van der Waals surface area contributed by atoms with E-state index in [2.05, 4.69) is 20.6 Å². The molecule has 1 heterocycles. The van der Waals surface area contributed by atoms with Crippen molar-refractivity contribution in [3.05, 3.63) is 24.2 Å². The molecule has 0 aliphatic heterocycles. The quantitative estimate of drug-likeness (QED) is 0.314. The van der Waals surface area contributed by atoms with E-state index in [0.29, 0.717) is 17.4 Å². The molecule has 1 aromatic rings. The van der Waals surface area contributed by atoms with Crippen molar-refractivity contribution in [2.24, 2.45) is 11.8 Å². The first kappa shape index (κ1) is 20.8. The predicted octanol–water partition coefficient (Wildman–Crippen LogP) is 2.13. The summed E-state index contributed by atoms with van der Waals surface area (Å²) in [5.74, 6) is 0.489. The number of rotatable bonds is 8. The fourth-order valence-electron chi connectivity index (χ4n) is 3.14. The topological polar surface area (TPSA) is 116 Å². The number of amides is 2. The minimum atomic E-state index is -0.645. The summed E-state index contributed by atoms with van der Waals surface area (Å²) in [7, 11) is 0. The maximum absolute atomic E-state index is 12.6. The van der Waals surface area contributed by atoms with Crippen LogP contribution in [0.3, 0.4) is 0 Å². The molecule has 0 bridgehead atoms. The summed E-state index contributed by atoms with van der Waals surface area (Å²) >= 11 is 0. The van der Waals surface area contributed by atoms with Crippen LogP contribution in [0.5, 0.6) is 0 Å². The van der Waals surface area contributed by atoms with Crippen molar-refractivity contribution in [2.45, 2.75) is 52.0 Å². The lowest BCUT2D eigenvalue weighted by Gasteiger charge is -2.25. The highest BCUT2D eigenvalue weighted by molar-refractivity contribution is 5.90. The first-order valence-corrected chi connectivity index (χ1v) is 9.48. The summed E-state index contributed by atoms with van der Waals surface area (Å²) in [6, 6.07) is -0.399. The predicted molar refractivity (Wildman–Crippen MR) is 103 cm³/mol. The lowest BCUT2D eigenvalue weighted by Crippen LogP contribution is -2.44. The molecule has 1 aliphatic carbocycles. The summed E-state index contributed by atoms with van der Waals surface area (Å²) in [6.07, 6.45) is 11.8. The van der Waals surface area contributed by atoms with E-state index in [1.54, 1.807) is 0 Å². The van der Waals surface area contributed by atoms with E-state index in [4.69, 9.17) is 5.21 Å². The highest BCUT2D eigenvalue weighted by Crippen LogP contribution is 2.23. The molecular formula is C19H29N5O3. The van der Waals surface area contributed by atoms with Gasteiger partial charge in [-0.25, -0.2) is 10.5 Å². The van der Waals surface area contributed by atoms with Crippen molar-refractivity contribution >= 4 is 23.7 Å². The number of nitrogens with zero attached hydrogens (tertiary/aromatic N) is 2. The summed E-state index contributed by atoms with van der Waals surface area (Å²) in [4.78, 5) is 32.0. The Morgan fingerprint density at radius 1 is 1.22 bits per heavy atom. The average molecular weight is 375 g/mol. The van der Waals surface area contributed by atoms with Gasteiger partial charge < -0.3 is 10.6 Å². The molecule has 0 aromatic carbocycles. The molecule has 0 saturated heterocycles. The Labute approximate surface area is 159 Å². The second-order valence-electron chi connectivity index (χ2n) is 7.25. The minimum absolute atomic E-state index is 0.0269. The highest BCUT2D eigenvalue weighted by atomic mass is 16.5. The molecule has 4 N–H and O–H groups in total. The van der Waals surface area contributed by atoms with Gasteiger partial charge in [0.25, 0.3) is 5.91 Å². The van der Waals surface area contributed by atoms with Gasteiger partial charge in [-0.3, -0.25) is 19.8 Å². The molecule has 1 aliphatic rings. The minimum Gasteiger partial charge on any atom is -0.357 e. The second-order valence-corrected chi connectivity index (χ2v) is 7.25. The number of carbonyl (C=O) groups is 2. The Kier molecular flexibility index (Phi) is 8.19. The van der Waals surface area contributed by atoms with Gasteiger partial charge in [0, 0.05) is 12.6 Å². The van der Waals surface area contributed by atoms with Crippen molar-refractivity contribution in [3.63, 3.8) is 0 Å². The normalized spacial score (nSPS) is 16.3. The van der Waals surface area contributed by atoms with E-state index in [-0.39, 0.29) is 11.8 Å². The van der Waals surface area contributed by atoms with Gasteiger partial charge in [-0.15, -0.1) is 0 Å². The van der Waals surface area contributed by atoms with E-state index in [1.165, 1.54) is 56.1 Å². The number of hydrogen-bond acceptors (Lipinski definition) is 6. The molecule has 1 atom stereocenters. The van der Waals surface area contributed by atoms with E-state index < -0.39 is 11.9 Å². The van der Waals surface area contributed by atoms with E-state index in [0.717, 1.165) is 12.6 Å². The summed E-state index contributed by atoms with van der Waals surface area (Å²) in [5, 5.41) is 14.7. The van der Waals surface area contributed by atoms with Crippen LogP contribution in [0.4, 0.5) is 5.82 Å². The zero-order valence-corrected chi connectivity index (χ0v) is 15.9. The van der Waals surface area contributed by atoms with Crippen molar-refractivity contribution < 1.29 is 14.8 Å². The zero-order chi connectivity index (χ0) is 19.6. The van der Waals surface area contributed by atoms with Gasteiger partial charge in [-0.2, -0.15) is 0 Å². The fourth-order valence-corrected chi connectivity index (χ4v) is 3.14.